The van der Waals surface area contributed by atoms with Crippen molar-refractivity contribution >= 4 is 0 Å². The quantitative estimate of drug-likeness (QED) is 0.718. The van der Waals surface area contributed by atoms with E-state index in [1.807, 2.05) is 0 Å². The molecule has 0 radical (unpaired) electrons. The summed E-state index contributed by atoms with van der Waals surface area (Å²) in [6.07, 6.45) is 0.179. The van der Waals surface area contributed by atoms with Crippen molar-refractivity contribution in [3.63, 3.8) is 0 Å². The molecule has 0 saturated carbocycles. The first-order chi connectivity index (χ1) is 7.47. The highest BCUT2D eigenvalue weighted by Gasteiger charge is 2.13. The second kappa shape index (κ2) is 5.49. The predicted molar refractivity (Wildman–Crippen MR) is 70.0 cm³/mol. The highest BCUT2D eigenvalue weighted by molar-refractivity contribution is 5.36. The van der Waals surface area contributed by atoms with E-state index in [1.165, 1.54) is 16.7 Å². The topological polar surface area (TPSA) is 9.23 Å². The van der Waals surface area contributed by atoms with Gasteiger partial charge >= 0.3 is 0 Å². The minimum atomic E-state index is 0.179. The molecule has 1 unspecified atom stereocenters. The summed E-state index contributed by atoms with van der Waals surface area (Å²) in [7, 11) is 1.77. The Balaban J connectivity index is 3.19. The van der Waals surface area contributed by atoms with Gasteiger partial charge in [0.1, 0.15) is 0 Å². The van der Waals surface area contributed by atoms with Crippen molar-refractivity contribution in [3.8, 4) is 0 Å². The van der Waals surface area contributed by atoms with Gasteiger partial charge in [0.15, 0.2) is 0 Å². The highest BCUT2D eigenvalue weighted by atomic mass is 16.5. The van der Waals surface area contributed by atoms with Gasteiger partial charge in [0.25, 0.3) is 0 Å². The van der Waals surface area contributed by atoms with E-state index in [1.54, 1.807) is 7.11 Å². The number of rotatable bonds is 4. The Bertz CT molecular complexity index is 339. The van der Waals surface area contributed by atoms with Gasteiger partial charge in [0, 0.05) is 7.11 Å². The van der Waals surface area contributed by atoms with Crippen molar-refractivity contribution in [2.45, 2.75) is 52.6 Å². The molecule has 0 fully saturated rings. The molecule has 1 nitrogen and oxygen atoms in total. The van der Waals surface area contributed by atoms with Gasteiger partial charge in [-0.05, 0) is 35.4 Å². The van der Waals surface area contributed by atoms with Crippen LogP contribution in [0.15, 0.2) is 18.2 Å². The molecule has 0 bridgehead atoms. The minimum absolute atomic E-state index is 0.179. The summed E-state index contributed by atoms with van der Waals surface area (Å²) in [5.74, 6) is 1.13. The van der Waals surface area contributed by atoms with E-state index in [2.05, 4.69) is 52.8 Å². The molecule has 0 heterocycles. The molecular weight excluding hydrogens is 196 g/mol. The molecule has 1 aromatic carbocycles. The standard InChI is InChI=1S/C15H24O/c1-10(2)13-7-8-14(12(5)16-6)15(9-13)11(3)4/h7-12H,1-6H3. The Hall–Kier alpha value is -0.820. The first-order valence-corrected chi connectivity index (χ1v) is 6.13. The average molecular weight is 220 g/mol. The van der Waals surface area contributed by atoms with Crippen LogP contribution in [0.5, 0.6) is 0 Å². The van der Waals surface area contributed by atoms with Crippen LogP contribution in [0, 0.1) is 0 Å². The molecule has 0 aromatic heterocycles. The maximum atomic E-state index is 5.43. The third-order valence-electron chi connectivity index (χ3n) is 3.19. The maximum Gasteiger partial charge on any atom is 0.0795 e. The largest absolute Gasteiger partial charge is 0.377 e. The van der Waals surface area contributed by atoms with E-state index >= 15 is 0 Å². The zero-order chi connectivity index (χ0) is 12.3. The van der Waals surface area contributed by atoms with Gasteiger partial charge in [-0.25, -0.2) is 0 Å². The normalized spacial score (nSPS) is 13.5. The Labute approximate surface area is 99.8 Å². The van der Waals surface area contributed by atoms with Gasteiger partial charge in [-0.3, -0.25) is 0 Å². The summed E-state index contributed by atoms with van der Waals surface area (Å²) in [5.41, 5.74) is 4.15. The van der Waals surface area contributed by atoms with E-state index in [0.717, 1.165) is 0 Å². The molecule has 0 aliphatic rings. The van der Waals surface area contributed by atoms with Crippen LogP contribution in [0.2, 0.25) is 0 Å². The molecule has 1 atom stereocenters. The van der Waals surface area contributed by atoms with Crippen molar-refractivity contribution < 1.29 is 4.74 Å². The molecule has 0 spiro atoms. The predicted octanol–water partition coefficient (Wildman–Crippen LogP) is 4.64. The van der Waals surface area contributed by atoms with Crippen LogP contribution >= 0.6 is 0 Å². The third kappa shape index (κ3) is 2.85. The lowest BCUT2D eigenvalue weighted by atomic mass is 9.90. The summed E-state index contributed by atoms with van der Waals surface area (Å²) >= 11 is 0. The second-order valence-electron chi connectivity index (χ2n) is 5.08. The smallest absolute Gasteiger partial charge is 0.0795 e. The highest BCUT2D eigenvalue weighted by Crippen LogP contribution is 2.29. The Kier molecular flexibility index (Phi) is 4.55. The van der Waals surface area contributed by atoms with E-state index in [-0.39, 0.29) is 6.10 Å². The van der Waals surface area contributed by atoms with Crippen molar-refractivity contribution in [3.05, 3.63) is 34.9 Å². The molecular formula is C15H24O. The number of hydrogen-bond donors (Lipinski definition) is 0. The fraction of sp³-hybridized carbons (Fsp3) is 0.600. The maximum absolute atomic E-state index is 5.43. The molecule has 1 aromatic rings. The monoisotopic (exact) mass is 220 g/mol. The SMILES string of the molecule is COC(C)c1ccc(C(C)C)cc1C(C)C. The van der Waals surface area contributed by atoms with E-state index < -0.39 is 0 Å². The van der Waals surface area contributed by atoms with Crippen LogP contribution in [0.4, 0.5) is 0 Å². The van der Waals surface area contributed by atoms with Crippen LogP contribution in [0.3, 0.4) is 0 Å². The van der Waals surface area contributed by atoms with Gasteiger partial charge in [-0.1, -0.05) is 45.9 Å². The first-order valence-electron chi connectivity index (χ1n) is 6.13. The van der Waals surface area contributed by atoms with Crippen molar-refractivity contribution in [1.29, 1.82) is 0 Å². The molecule has 1 rings (SSSR count). The summed E-state index contributed by atoms with van der Waals surface area (Å²) in [4.78, 5) is 0. The van der Waals surface area contributed by atoms with Crippen molar-refractivity contribution in [1.82, 2.24) is 0 Å². The fourth-order valence-electron chi connectivity index (χ4n) is 1.95. The van der Waals surface area contributed by atoms with Crippen molar-refractivity contribution in [2.24, 2.45) is 0 Å². The molecule has 16 heavy (non-hydrogen) atoms. The Morgan fingerprint density at radius 1 is 0.875 bits per heavy atom. The molecule has 1 heteroatoms. The average Bonchev–Trinajstić information content (AvgIpc) is 2.26. The molecule has 0 saturated heterocycles. The zero-order valence-corrected chi connectivity index (χ0v) is 11.4. The number of ether oxygens (including phenoxy) is 1. The summed E-state index contributed by atoms with van der Waals surface area (Å²) in [6.45, 7) is 11.1. The lowest BCUT2D eigenvalue weighted by molar-refractivity contribution is 0.118. The number of benzene rings is 1. The van der Waals surface area contributed by atoms with Gasteiger partial charge < -0.3 is 4.74 Å². The Morgan fingerprint density at radius 3 is 1.94 bits per heavy atom. The number of hydrogen-bond acceptors (Lipinski definition) is 1. The lowest BCUT2D eigenvalue weighted by Crippen LogP contribution is -2.04. The molecule has 0 amide bonds. The molecule has 0 N–H and O–H groups in total. The summed E-state index contributed by atoms with van der Waals surface area (Å²) < 4.78 is 5.43. The van der Waals surface area contributed by atoms with Crippen LogP contribution < -0.4 is 0 Å². The van der Waals surface area contributed by atoms with Crippen LogP contribution in [-0.4, -0.2) is 7.11 Å². The Morgan fingerprint density at radius 2 is 1.50 bits per heavy atom. The molecule has 0 aliphatic heterocycles. The van der Waals surface area contributed by atoms with Gasteiger partial charge in [-0.2, -0.15) is 0 Å². The van der Waals surface area contributed by atoms with Gasteiger partial charge in [-0.15, -0.1) is 0 Å². The summed E-state index contributed by atoms with van der Waals surface area (Å²) in [5, 5.41) is 0. The molecule has 90 valence electrons. The van der Waals surface area contributed by atoms with E-state index in [4.69, 9.17) is 4.74 Å². The fourth-order valence-corrected chi connectivity index (χ4v) is 1.95. The van der Waals surface area contributed by atoms with Crippen molar-refractivity contribution in [2.75, 3.05) is 7.11 Å². The second-order valence-corrected chi connectivity index (χ2v) is 5.08. The first kappa shape index (κ1) is 13.2. The lowest BCUT2D eigenvalue weighted by Gasteiger charge is -2.20. The minimum Gasteiger partial charge on any atom is -0.377 e. The third-order valence-corrected chi connectivity index (χ3v) is 3.19. The van der Waals surface area contributed by atoms with E-state index in [0.29, 0.717) is 11.8 Å². The van der Waals surface area contributed by atoms with E-state index in [9.17, 15) is 0 Å². The van der Waals surface area contributed by atoms with Gasteiger partial charge in [0.05, 0.1) is 6.10 Å². The van der Waals surface area contributed by atoms with Gasteiger partial charge in [0.2, 0.25) is 0 Å². The number of methoxy groups -OCH3 is 1. The summed E-state index contributed by atoms with van der Waals surface area (Å²) in [6, 6.07) is 6.78. The molecule has 0 aliphatic carbocycles. The van der Waals surface area contributed by atoms with Crippen LogP contribution in [0.25, 0.3) is 0 Å². The zero-order valence-electron chi connectivity index (χ0n) is 11.4. The van der Waals surface area contributed by atoms with Crippen LogP contribution in [0.1, 0.15) is 69.2 Å². The van der Waals surface area contributed by atoms with Crippen LogP contribution in [-0.2, 0) is 4.74 Å².